The number of anilines is 1. The Morgan fingerprint density at radius 1 is 1.00 bits per heavy atom. The number of nitrogens with zero attached hydrogens (tertiary/aromatic N) is 6. The number of azo groups is 1. The third-order valence-electron chi connectivity index (χ3n) is 6.64. The summed E-state index contributed by atoms with van der Waals surface area (Å²) in [5.41, 5.74) is 1.89. The zero-order valence-corrected chi connectivity index (χ0v) is 23.8. The molecule has 0 atom stereocenters. The number of carbonyl (C=O) groups is 1. The van der Waals surface area contributed by atoms with Crippen molar-refractivity contribution in [1.29, 1.82) is 0 Å². The van der Waals surface area contributed by atoms with Crippen LogP contribution in [0.25, 0.3) is 31.0 Å². The standard InChI is InChI=1S/C32H25N7O2S/c1-32(2,3)28-26(33-4)29(39(38-28)31-35-22-16-10-11-17-24(22)42-31)37-36-23-18-19-12-8-9-15-21(19)25(27(23)40)30(41)34-20-13-6-5-7-14-20/h5-18,40H,1-3H3,(H,34,41)/b37-36+. The highest BCUT2D eigenvalue weighted by atomic mass is 32.1. The molecule has 0 aliphatic carbocycles. The zero-order chi connectivity index (χ0) is 29.4. The minimum atomic E-state index is -0.483. The van der Waals surface area contributed by atoms with Gasteiger partial charge in [-0.15, -0.1) is 10.2 Å². The molecular formula is C32H25N7O2S. The van der Waals surface area contributed by atoms with Crippen molar-refractivity contribution in [3.8, 4) is 10.9 Å². The van der Waals surface area contributed by atoms with Crippen LogP contribution < -0.4 is 5.32 Å². The Bertz CT molecular complexity index is 2010. The van der Waals surface area contributed by atoms with Crippen LogP contribution in [-0.2, 0) is 5.41 Å². The fraction of sp³-hybridized carbons (Fsp3) is 0.125. The number of phenolic OH excluding ortho intramolecular Hbond substituents is 1. The summed E-state index contributed by atoms with van der Waals surface area (Å²) in [6.07, 6.45) is 0. The van der Waals surface area contributed by atoms with Crippen LogP contribution in [0.5, 0.6) is 5.75 Å². The monoisotopic (exact) mass is 571 g/mol. The molecule has 6 rings (SSSR count). The first-order valence-electron chi connectivity index (χ1n) is 13.1. The number of phenols is 1. The van der Waals surface area contributed by atoms with Crippen molar-refractivity contribution in [2.75, 3.05) is 5.32 Å². The maximum Gasteiger partial charge on any atom is 0.260 e. The molecule has 1 amide bonds. The zero-order valence-electron chi connectivity index (χ0n) is 23.0. The van der Waals surface area contributed by atoms with Crippen molar-refractivity contribution in [2.45, 2.75) is 26.2 Å². The number of fused-ring (bicyclic) bond motifs is 2. The first-order chi connectivity index (χ1) is 20.2. The minimum absolute atomic E-state index is 0.0753. The van der Waals surface area contributed by atoms with E-state index < -0.39 is 11.3 Å². The lowest BCUT2D eigenvalue weighted by atomic mass is 9.91. The number of para-hydroxylation sites is 2. The Hall–Kier alpha value is -5.40. The normalized spacial score (nSPS) is 11.8. The van der Waals surface area contributed by atoms with Crippen molar-refractivity contribution in [3.05, 3.63) is 108 Å². The second-order valence-corrected chi connectivity index (χ2v) is 11.6. The largest absolute Gasteiger partial charge is 0.505 e. The maximum absolute atomic E-state index is 13.4. The quantitative estimate of drug-likeness (QED) is 0.159. The molecule has 2 N–H and O–H groups in total. The van der Waals surface area contributed by atoms with Crippen LogP contribution >= 0.6 is 11.3 Å². The number of hydrogen-bond acceptors (Lipinski definition) is 7. The highest BCUT2D eigenvalue weighted by Gasteiger charge is 2.29. The van der Waals surface area contributed by atoms with Crippen LogP contribution in [-0.4, -0.2) is 25.8 Å². The predicted octanol–water partition coefficient (Wildman–Crippen LogP) is 8.86. The highest BCUT2D eigenvalue weighted by Crippen LogP contribution is 2.43. The number of aromatic nitrogens is 3. The van der Waals surface area contributed by atoms with Crippen molar-refractivity contribution < 1.29 is 9.90 Å². The van der Waals surface area contributed by atoms with Gasteiger partial charge in [0.2, 0.25) is 5.13 Å². The summed E-state index contributed by atoms with van der Waals surface area (Å²) in [4.78, 5) is 21.9. The summed E-state index contributed by atoms with van der Waals surface area (Å²) in [6, 6.07) is 25.6. The van der Waals surface area contributed by atoms with E-state index in [1.165, 1.54) is 16.0 Å². The van der Waals surface area contributed by atoms with Gasteiger partial charge in [-0.2, -0.15) is 9.78 Å². The Morgan fingerprint density at radius 3 is 2.45 bits per heavy atom. The fourth-order valence-electron chi connectivity index (χ4n) is 4.63. The van der Waals surface area contributed by atoms with E-state index in [1.807, 2.05) is 75.4 Å². The number of thiazole rings is 1. The van der Waals surface area contributed by atoms with Crippen LogP contribution in [0, 0.1) is 6.57 Å². The van der Waals surface area contributed by atoms with Crippen molar-refractivity contribution in [3.63, 3.8) is 0 Å². The van der Waals surface area contributed by atoms with Gasteiger partial charge in [-0.05, 0) is 46.5 Å². The molecule has 42 heavy (non-hydrogen) atoms. The van der Waals surface area contributed by atoms with Gasteiger partial charge in [0.05, 0.1) is 28.0 Å². The van der Waals surface area contributed by atoms with Gasteiger partial charge in [-0.25, -0.2) is 9.83 Å². The third kappa shape index (κ3) is 4.87. The number of benzene rings is 4. The fourth-order valence-corrected chi connectivity index (χ4v) is 5.55. The summed E-state index contributed by atoms with van der Waals surface area (Å²) in [6.45, 7) is 13.9. The Balaban J connectivity index is 1.51. The second kappa shape index (κ2) is 10.5. The lowest BCUT2D eigenvalue weighted by molar-refractivity contribution is 0.102. The van der Waals surface area contributed by atoms with Crippen LogP contribution in [0.3, 0.4) is 0 Å². The topological polar surface area (TPSA) is 109 Å². The van der Waals surface area contributed by atoms with Crippen molar-refractivity contribution in [2.24, 2.45) is 10.2 Å². The number of hydrogen-bond donors (Lipinski definition) is 2. The molecule has 4 aromatic carbocycles. The summed E-state index contributed by atoms with van der Waals surface area (Å²) in [5.74, 6) is -0.613. The Kier molecular flexibility index (Phi) is 6.72. The van der Waals surface area contributed by atoms with Gasteiger partial charge in [0.1, 0.15) is 5.69 Å². The number of rotatable bonds is 5. The molecule has 0 fully saturated rings. The van der Waals surface area contributed by atoms with Gasteiger partial charge in [0.25, 0.3) is 11.6 Å². The van der Waals surface area contributed by atoms with Crippen molar-refractivity contribution >= 4 is 61.1 Å². The molecule has 6 aromatic rings. The van der Waals surface area contributed by atoms with E-state index in [9.17, 15) is 9.90 Å². The molecule has 0 saturated carbocycles. The van der Waals surface area contributed by atoms with Gasteiger partial charge < -0.3 is 10.4 Å². The van der Waals surface area contributed by atoms with Crippen LogP contribution in [0.15, 0.2) is 95.2 Å². The smallest absolute Gasteiger partial charge is 0.260 e. The van der Waals surface area contributed by atoms with Gasteiger partial charge in [-0.1, -0.05) is 86.7 Å². The van der Waals surface area contributed by atoms with E-state index in [4.69, 9.17) is 16.7 Å². The van der Waals surface area contributed by atoms with Gasteiger partial charge in [-0.3, -0.25) is 4.79 Å². The third-order valence-corrected chi connectivity index (χ3v) is 7.65. The number of amides is 1. The molecule has 0 aliphatic rings. The van der Waals surface area contributed by atoms with E-state index >= 15 is 0 Å². The highest BCUT2D eigenvalue weighted by molar-refractivity contribution is 7.20. The molecule has 0 radical (unpaired) electrons. The van der Waals surface area contributed by atoms with Gasteiger partial charge >= 0.3 is 0 Å². The predicted molar refractivity (Wildman–Crippen MR) is 166 cm³/mol. The minimum Gasteiger partial charge on any atom is -0.505 e. The summed E-state index contributed by atoms with van der Waals surface area (Å²) >= 11 is 1.42. The van der Waals surface area contributed by atoms with Crippen LogP contribution in [0.2, 0.25) is 0 Å². The van der Waals surface area contributed by atoms with Gasteiger partial charge in [0, 0.05) is 5.69 Å². The van der Waals surface area contributed by atoms with Gasteiger partial charge in [0.15, 0.2) is 11.6 Å². The van der Waals surface area contributed by atoms with E-state index in [-0.39, 0.29) is 28.5 Å². The molecule has 9 nitrogen and oxygen atoms in total. The van der Waals surface area contributed by atoms with E-state index in [0.29, 0.717) is 27.3 Å². The number of carbonyl (C=O) groups excluding carboxylic acids is 1. The SMILES string of the molecule is [C-]#[N+]c1c(C(C)(C)C)nn(-c2nc3ccccc3s2)c1/N=N/c1cc2ccccc2c(C(=O)Nc2ccccc2)c1O. The van der Waals surface area contributed by atoms with Crippen LogP contribution in [0.4, 0.5) is 22.9 Å². The molecule has 2 aromatic heterocycles. The first kappa shape index (κ1) is 26.8. The first-order valence-corrected chi connectivity index (χ1v) is 14.0. The Morgan fingerprint density at radius 2 is 1.71 bits per heavy atom. The lowest BCUT2D eigenvalue weighted by Gasteiger charge is -2.15. The average molecular weight is 572 g/mol. The molecular weight excluding hydrogens is 546 g/mol. The van der Waals surface area contributed by atoms with E-state index in [0.717, 1.165) is 10.2 Å². The average Bonchev–Trinajstić information content (AvgIpc) is 3.58. The van der Waals surface area contributed by atoms with E-state index in [2.05, 4.69) is 20.4 Å². The van der Waals surface area contributed by atoms with Crippen LogP contribution in [0.1, 0.15) is 36.8 Å². The summed E-state index contributed by atoms with van der Waals surface area (Å²) < 4.78 is 2.50. The second-order valence-electron chi connectivity index (χ2n) is 10.6. The summed E-state index contributed by atoms with van der Waals surface area (Å²) in [7, 11) is 0. The van der Waals surface area contributed by atoms with Crippen molar-refractivity contribution in [1.82, 2.24) is 14.8 Å². The van der Waals surface area contributed by atoms with E-state index in [1.54, 1.807) is 30.3 Å². The molecule has 0 saturated heterocycles. The Labute approximate surface area is 245 Å². The molecule has 0 aliphatic heterocycles. The molecule has 10 heteroatoms. The number of nitrogens with one attached hydrogen (secondary N) is 1. The summed E-state index contributed by atoms with van der Waals surface area (Å²) in [5, 5.41) is 29.6. The molecule has 0 unspecified atom stereocenters. The number of aromatic hydroxyl groups is 1. The maximum atomic E-state index is 13.4. The molecule has 0 bridgehead atoms. The molecule has 0 spiro atoms. The lowest BCUT2D eigenvalue weighted by Crippen LogP contribution is -2.12. The molecule has 206 valence electrons. The molecule has 2 heterocycles.